The zero-order valence-electron chi connectivity index (χ0n) is 24.2. The van der Waals surface area contributed by atoms with E-state index in [1.807, 2.05) is 108 Å². The number of hydrogen-bond donors (Lipinski definition) is 1. The summed E-state index contributed by atoms with van der Waals surface area (Å²) in [7, 11) is 1.36. The van der Waals surface area contributed by atoms with Gasteiger partial charge in [-0.2, -0.15) is 5.10 Å². The van der Waals surface area contributed by atoms with Crippen molar-refractivity contribution in [1.29, 1.82) is 0 Å². The SMILES string of the molecule is C=CCCCn1nc(-c2ccccc2)cc1Nc1cc(OCc2ccccc2)cc(OCc2ccccc2)c1C(=O)OC. The number of carbonyl (C=O) groups excluding carboxylic acids is 1. The number of aromatic nitrogens is 2. The maximum Gasteiger partial charge on any atom is 0.343 e. The quantitative estimate of drug-likeness (QED) is 0.0820. The number of anilines is 2. The standard InChI is InChI=1S/C36H35N3O4/c1-3-4-14-21-39-34(24-31(38-39)29-19-12-7-13-20-29)37-32-22-30(42-25-27-15-8-5-9-16-27)23-33(35(32)36(40)41-2)43-26-28-17-10-6-11-18-28/h3,5-13,15-20,22-24,37H,1,4,14,21,25-26H2,2H3. The van der Waals surface area contributed by atoms with E-state index in [4.69, 9.17) is 19.3 Å². The summed E-state index contributed by atoms with van der Waals surface area (Å²) in [6.45, 7) is 5.13. The van der Waals surface area contributed by atoms with Gasteiger partial charge >= 0.3 is 5.97 Å². The van der Waals surface area contributed by atoms with Gasteiger partial charge in [0.25, 0.3) is 0 Å². The fourth-order valence-corrected chi connectivity index (χ4v) is 4.64. The van der Waals surface area contributed by atoms with Gasteiger partial charge in [-0.25, -0.2) is 9.48 Å². The van der Waals surface area contributed by atoms with Crippen LogP contribution >= 0.6 is 0 Å². The number of aryl methyl sites for hydroxylation is 1. The van der Waals surface area contributed by atoms with Crippen LogP contribution in [-0.4, -0.2) is 22.9 Å². The molecular weight excluding hydrogens is 538 g/mol. The van der Waals surface area contributed by atoms with Gasteiger partial charge in [0.2, 0.25) is 0 Å². The Morgan fingerprint density at radius 3 is 2.12 bits per heavy atom. The van der Waals surface area contributed by atoms with E-state index in [-0.39, 0.29) is 12.2 Å². The number of ether oxygens (including phenoxy) is 3. The van der Waals surface area contributed by atoms with Crippen LogP contribution in [0.15, 0.2) is 122 Å². The Morgan fingerprint density at radius 2 is 1.49 bits per heavy atom. The number of carbonyl (C=O) groups is 1. The predicted molar refractivity (Wildman–Crippen MR) is 170 cm³/mol. The number of esters is 1. The van der Waals surface area contributed by atoms with Crippen molar-refractivity contribution in [3.05, 3.63) is 139 Å². The van der Waals surface area contributed by atoms with Gasteiger partial charge in [0, 0.05) is 30.3 Å². The van der Waals surface area contributed by atoms with Crippen molar-refractivity contribution < 1.29 is 19.0 Å². The van der Waals surface area contributed by atoms with Gasteiger partial charge in [-0.3, -0.25) is 0 Å². The van der Waals surface area contributed by atoms with Crippen LogP contribution in [-0.2, 0) is 24.5 Å². The minimum absolute atomic E-state index is 0.268. The molecule has 1 N–H and O–H groups in total. The molecule has 43 heavy (non-hydrogen) atoms. The monoisotopic (exact) mass is 573 g/mol. The second kappa shape index (κ2) is 14.5. The van der Waals surface area contributed by atoms with Crippen LogP contribution in [0.4, 0.5) is 11.5 Å². The molecule has 1 heterocycles. The second-order valence-corrected chi connectivity index (χ2v) is 9.94. The summed E-state index contributed by atoms with van der Waals surface area (Å²) in [4.78, 5) is 13.3. The first-order valence-corrected chi connectivity index (χ1v) is 14.3. The Bertz CT molecular complexity index is 1630. The van der Waals surface area contributed by atoms with E-state index in [9.17, 15) is 4.79 Å². The second-order valence-electron chi connectivity index (χ2n) is 9.94. The van der Waals surface area contributed by atoms with E-state index in [0.29, 0.717) is 30.3 Å². The fraction of sp³-hybridized carbons (Fsp3) is 0.167. The lowest BCUT2D eigenvalue weighted by Gasteiger charge is -2.18. The Balaban J connectivity index is 1.55. The fourth-order valence-electron chi connectivity index (χ4n) is 4.64. The molecular formula is C36H35N3O4. The van der Waals surface area contributed by atoms with Gasteiger partial charge in [0.1, 0.15) is 36.1 Å². The zero-order valence-corrected chi connectivity index (χ0v) is 24.2. The van der Waals surface area contributed by atoms with Crippen LogP contribution in [0, 0.1) is 0 Å². The van der Waals surface area contributed by atoms with Crippen molar-refractivity contribution in [3.63, 3.8) is 0 Å². The summed E-state index contributed by atoms with van der Waals surface area (Å²) in [6, 6.07) is 35.2. The number of unbranched alkanes of at least 4 members (excludes halogenated alkanes) is 1. The molecule has 5 aromatic rings. The molecule has 0 amide bonds. The van der Waals surface area contributed by atoms with Gasteiger partial charge in [-0.1, -0.05) is 97.1 Å². The molecule has 7 heteroatoms. The number of nitrogens with zero attached hydrogens (tertiary/aromatic N) is 2. The number of nitrogens with one attached hydrogen (secondary N) is 1. The van der Waals surface area contributed by atoms with Crippen molar-refractivity contribution in [1.82, 2.24) is 9.78 Å². The average molecular weight is 574 g/mol. The lowest BCUT2D eigenvalue weighted by molar-refractivity contribution is 0.0596. The van der Waals surface area contributed by atoms with E-state index >= 15 is 0 Å². The van der Waals surface area contributed by atoms with Crippen molar-refractivity contribution >= 4 is 17.5 Å². The summed E-state index contributed by atoms with van der Waals surface area (Å²) < 4.78 is 19.6. The summed E-state index contributed by atoms with van der Waals surface area (Å²) in [5, 5.41) is 8.35. The zero-order chi connectivity index (χ0) is 29.9. The molecule has 0 atom stereocenters. The molecule has 218 valence electrons. The smallest absolute Gasteiger partial charge is 0.343 e. The Labute approximate surface area is 252 Å². The minimum atomic E-state index is -0.527. The molecule has 4 aromatic carbocycles. The molecule has 1 aromatic heterocycles. The van der Waals surface area contributed by atoms with Gasteiger partial charge in [0.15, 0.2) is 0 Å². The normalized spacial score (nSPS) is 10.6. The van der Waals surface area contributed by atoms with E-state index in [2.05, 4.69) is 11.9 Å². The van der Waals surface area contributed by atoms with Crippen LogP contribution in [0.5, 0.6) is 11.5 Å². The number of allylic oxidation sites excluding steroid dienone is 1. The van der Waals surface area contributed by atoms with Gasteiger partial charge in [0.05, 0.1) is 18.5 Å². The van der Waals surface area contributed by atoms with Crippen LogP contribution < -0.4 is 14.8 Å². The Hall–Kier alpha value is -5.30. The first-order valence-electron chi connectivity index (χ1n) is 14.3. The highest BCUT2D eigenvalue weighted by atomic mass is 16.5. The third-order valence-electron chi connectivity index (χ3n) is 6.84. The number of hydrogen-bond acceptors (Lipinski definition) is 6. The largest absolute Gasteiger partial charge is 0.489 e. The molecule has 0 aliphatic carbocycles. The van der Waals surface area contributed by atoms with Crippen LogP contribution in [0.2, 0.25) is 0 Å². The number of benzene rings is 4. The predicted octanol–water partition coefficient (Wildman–Crippen LogP) is 8.20. The highest BCUT2D eigenvalue weighted by Crippen LogP contribution is 2.37. The van der Waals surface area contributed by atoms with E-state index in [1.54, 1.807) is 12.1 Å². The maximum atomic E-state index is 13.3. The van der Waals surface area contributed by atoms with Crippen molar-refractivity contribution in [2.75, 3.05) is 12.4 Å². The van der Waals surface area contributed by atoms with Crippen LogP contribution in [0.1, 0.15) is 34.3 Å². The highest BCUT2D eigenvalue weighted by Gasteiger charge is 2.23. The molecule has 0 radical (unpaired) electrons. The average Bonchev–Trinajstić information content (AvgIpc) is 3.46. The highest BCUT2D eigenvalue weighted by molar-refractivity contribution is 6.00. The summed E-state index contributed by atoms with van der Waals surface area (Å²) in [6.07, 6.45) is 3.62. The molecule has 0 aliphatic heterocycles. The summed E-state index contributed by atoms with van der Waals surface area (Å²) in [5.41, 5.74) is 4.56. The van der Waals surface area contributed by atoms with Gasteiger partial charge < -0.3 is 19.5 Å². The van der Waals surface area contributed by atoms with Crippen molar-refractivity contribution in [2.45, 2.75) is 32.6 Å². The van der Waals surface area contributed by atoms with Crippen molar-refractivity contribution in [2.24, 2.45) is 0 Å². The topological polar surface area (TPSA) is 74.6 Å². The number of rotatable bonds is 14. The first-order chi connectivity index (χ1) is 21.1. The van der Waals surface area contributed by atoms with Crippen molar-refractivity contribution in [3.8, 4) is 22.8 Å². The Morgan fingerprint density at radius 1 is 0.860 bits per heavy atom. The Kier molecular flexibility index (Phi) is 9.88. The summed E-state index contributed by atoms with van der Waals surface area (Å²) >= 11 is 0. The molecule has 0 saturated carbocycles. The molecule has 0 aliphatic rings. The molecule has 0 bridgehead atoms. The van der Waals surface area contributed by atoms with E-state index < -0.39 is 5.97 Å². The molecule has 5 rings (SSSR count). The molecule has 0 fully saturated rings. The first kappa shape index (κ1) is 29.2. The maximum absolute atomic E-state index is 13.3. The van der Waals surface area contributed by atoms with Gasteiger partial charge in [-0.15, -0.1) is 6.58 Å². The number of methoxy groups -OCH3 is 1. The van der Waals surface area contributed by atoms with Gasteiger partial charge in [-0.05, 0) is 24.0 Å². The molecule has 7 nitrogen and oxygen atoms in total. The minimum Gasteiger partial charge on any atom is -0.489 e. The molecule has 0 unspecified atom stereocenters. The summed E-state index contributed by atoms with van der Waals surface area (Å²) in [5.74, 6) is 1.09. The van der Waals surface area contributed by atoms with E-state index in [1.165, 1.54) is 7.11 Å². The lowest BCUT2D eigenvalue weighted by atomic mass is 10.1. The molecule has 0 saturated heterocycles. The van der Waals surface area contributed by atoms with Crippen LogP contribution in [0.25, 0.3) is 11.3 Å². The van der Waals surface area contributed by atoms with Crippen LogP contribution in [0.3, 0.4) is 0 Å². The van der Waals surface area contributed by atoms with E-state index in [0.717, 1.165) is 41.0 Å². The molecule has 0 spiro atoms. The lowest BCUT2D eigenvalue weighted by Crippen LogP contribution is -2.12. The third kappa shape index (κ3) is 7.71. The third-order valence-corrected chi connectivity index (χ3v) is 6.84.